The average Bonchev–Trinajstić information content (AvgIpc) is 2.72. The number of halogens is 2. The van der Waals surface area contributed by atoms with E-state index in [0.717, 1.165) is 5.69 Å². The molecule has 0 atom stereocenters. The van der Waals surface area contributed by atoms with Crippen molar-refractivity contribution in [3.8, 4) is 0 Å². The zero-order chi connectivity index (χ0) is 10.7. The molecule has 15 heavy (non-hydrogen) atoms. The first-order valence-corrected chi connectivity index (χ1v) is 4.52. The zero-order valence-electron chi connectivity index (χ0n) is 7.54. The van der Waals surface area contributed by atoms with E-state index in [-0.39, 0.29) is 10.8 Å². The van der Waals surface area contributed by atoms with Crippen LogP contribution >= 0.6 is 11.6 Å². The van der Waals surface area contributed by atoms with Crippen LogP contribution in [0.25, 0.3) is 0 Å². The van der Waals surface area contributed by atoms with E-state index in [1.807, 2.05) is 0 Å². The summed E-state index contributed by atoms with van der Waals surface area (Å²) in [7, 11) is 0. The minimum atomic E-state index is -0.813. The summed E-state index contributed by atoms with van der Waals surface area (Å²) >= 11 is 5.76. The number of nitrogens with zero attached hydrogens (tertiary/aromatic N) is 3. The Labute approximate surface area is 89.7 Å². The number of anilines is 1. The summed E-state index contributed by atoms with van der Waals surface area (Å²) in [5.41, 5.74) is 0.852. The third kappa shape index (κ3) is 2.41. The Morgan fingerprint density at radius 2 is 2.33 bits per heavy atom. The van der Waals surface area contributed by atoms with Gasteiger partial charge in [-0.2, -0.15) is 9.37 Å². The molecule has 2 rings (SSSR count). The highest BCUT2D eigenvalue weighted by molar-refractivity contribution is 6.32. The van der Waals surface area contributed by atoms with Crippen LogP contribution in [0.4, 0.5) is 10.2 Å². The molecule has 0 radical (unpaired) electrons. The van der Waals surface area contributed by atoms with Gasteiger partial charge >= 0.3 is 6.08 Å². The SMILES string of the molecule is Fc1ncc(Cl)c(NCc2cnc[nH]2)n1. The molecule has 0 spiro atoms. The van der Waals surface area contributed by atoms with Crippen molar-refractivity contribution in [2.45, 2.75) is 6.54 Å². The monoisotopic (exact) mass is 227 g/mol. The molecule has 0 fully saturated rings. The minimum Gasteiger partial charge on any atom is -0.363 e. The van der Waals surface area contributed by atoms with Crippen molar-refractivity contribution in [3.05, 3.63) is 35.5 Å². The van der Waals surface area contributed by atoms with Crippen LogP contribution in [0.1, 0.15) is 5.69 Å². The largest absolute Gasteiger partial charge is 0.363 e. The van der Waals surface area contributed by atoms with Gasteiger partial charge in [-0.05, 0) is 0 Å². The van der Waals surface area contributed by atoms with Crippen LogP contribution in [0.3, 0.4) is 0 Å². The maximum absolute atomic E-state index is 12.7. The van der Waals surface area contributed by atoms with Crippen LogP contribution in [-0.2, 0) is 6.54 Å². The molecule has 7 heteroatoms. The summed E-state index contributed by atoms with van der Waals surface area (Å²) in [5, 5.41) is 3.14. The molecule has 2 heterocycles. The summed E-state index contributed by atoms with van der Waals surface area (Å²) in [6.45, 7) is 0.441. The summed E-state index contributed by atoms with van der Waals surface area (Å²) in [6, 6.07) is 0. The fourth-order valence-corrected chi connectivity index (χ4v) is 1.19. The first-order valence-electron chi connectivity index (χ1n) is 4.15. The van der Waals surface area contributed by atoms with Crippen molar-refractivity contribution in [3.63, 3.8) is 0 Å². The molecule has 2 aromatic heterocycles. The number of hydrogen-bond acceptors (Lipinski definition) is 4. The van der Waals surface area contributed by atoms with Crippen molar-refractivity contribution < 1.29 is 4.39 Å². The third-order valence-corrected chi connectivity index (χ3v) is 1.99. The lowest BCUT2D eigenvalue weighted by molar-refractivity contribution is 0.540. The number of imidazole rings is 1. The maximum atomic E-state index is 12.7. The molecule has 78 valence electrons. The Hall–Kier alpha value is -1.69. The van der Waals surface area contributed by atoms with Crippen molar-refractivity contribution in [2.24, 2.45) is 0 Å². The summed E-state index contributed by atoms with van der Waals surface area (Å²) in [6.07, 6.45) is 3.60. The minimum absolute atomic E-state index is 0.263. The Balaban J connectivity index is 2.07. The third-order valence-electron chi connectivity index (χ3n) is 1.72. The van der Waals surface area contributed by atoms with Crippen LogP contribution < -0.4 is 5.32 Å². The normalized spacial score (nSPS) is 10.3. The Morgan fingerprint density at radius 3 is 3.07 bits per heavy atom. The van der Waals surface area contributed by atoms with Gasteiger partial charge in [0.15, 0.2) is 5.82 Å². The average molecular weight is 228 g/mol. The van der Waals surface area contributed by atoms with Crippen LogP contribution in [0.5, 0.6) is 0 Å². The number of aromatic amines is 1. The first-order chi connectivity index (χ1) is 7.25. The molecule has 0 aromatic carbocycles. The van der Waals surface area contributed by atoms with Gasteiger partial charge in [0, 0.05) is 6.20 Å². The highest BCUT2D eigenvalue weighted by atomic mass is 35.5. The number of H-pyrrole nitrogens is 1. The van der Waals surface area contributed by atoms with Gasteiger partial charge in [-0.3, -0.25) is 0 Å². The molecular formula is C8H7ClFN5. The highest BCUT2D eigenvalue weighted by Crippen LogP contribution is 2.17. The fraction of sp³-hybridized carbons (Fsp3) is 0.125. The van der Waals surface area contributed by atoms with Crippen molar-refractivity contribution >= 4 is 17.4 Å². The van der Waals surface area contributed by atoms with Crippen LogP contribution in [0.15, 0.2) is 18.7 Å². The molecule has 0 bridgehead atoms. The summed E-state index contributed by atoms with van der Waals surface area (Å²) < 4.78 is 12.7. The van der Waals surface area contributed by atoms with Gasteiger partial charge in [-0.25, -0.2) is 9.97 Å². The molecule has 0 unspecified atom stereocenters. The lowest BCUT2D eigenvalue weighted by Gasteiger charge is -2.04. The molecule has 0 aliphatic heterocycles. The summed E-state index contributed by atoms with van der Waals surface area (Å²) in [4.78, 5) is 13.6. The van der Waals surface area contributed by atoms with E-state index < -0.39 is 6.08 Å². The molecular weight excluding hydrogens is 221 g/mol. The highest BCUT2D eigenvalue weighted by Gasteiger charge is 2.04. The lowest BCUT2D eigenvalue weighted by atomic mass is 10.4. The molecule has 5 nitrogen and oxygen atoms in total. The zero-order valence-corrected chi connectivity index (χ0v) is 8.29. The van der Waals surface area contributed by atoms with Crippen LogP contribution in [0, 0.1) is 6.08 Å². The van der Waals surface area contributed by atoms with Crippen LogP contribution in [-0.4, -0.2) is 19.9 Å². The number of aromatic nitrogens is 4. The van der Waals surface area contributed by atoms with E-state index in [9.17, 15) is 4.39 Å². The molecule has 2 aromatic rings. The maximum Gasteiger partial charge on any atom is 0.310 e. The van der Waals surface area contributed by atoms with E-state index in [1.165, 1.54) is 6.20 Å². The Morgan fingerprint density at radius 1 is 1.47 bits per heavy atom. The molecule has 0 aliphatic carbocycles. The van der Waals surface area contributed by atoms with Gasteiger partial charge in [0.25, 0.3) is 0 Å². The van der Waals surface area contributed by atoms with Gasteiger partial charge in [0.1, 0.15) is 5.02 Å². The number of hydrogen-bond donors (Lipinski definition) is 2. The van der Waals surface area contributed by atoms with Gasteiger partial charge in [-0.1, -0.05) is 11.6 Å². The summed E-state index contributed by atoms with van der Waals surface area (Å²) in [5.74, 6) is 0.263. The molecule has 2 N–H and O–H groups in total. The van der Waals surface area contributed by atoms with E-state index in [0.29, 0.717) is 6.54 Å². The topological polar surface area (TPSA) is 66.5 Å². The second-order valence-electron chi connectivity index (χ2n) is 2.77. The van der Waals surface area contributed by atoms with Crippen LogP contribution in [0.2, 0.25) is 5.02 Å². The van der Waals surface area contributed by atoms with Gasteiger partial charge in [0.2, 0.25) is 0 Å². The van der Waals surface area contributed by atoms with Gasteiger partial charge in [0.05, 0.1) is 24.8 Å². The molecule has 0 saturated heterocycles. The molecule has 0 amide bonds. The standard InChI is InChI=1S/C8H7ClFN5/c9-6-3-13-8(10)15-7(6)12-2-5-1-11-4-14-5/h1,3-4H,2H2,(H,11,14)(H,12,13,15). The van der Waals surface area contributed by atoms with E-state index in [2.05, 4.69) is 25.3 Å². The van der Waals surface area contributed by atoms with Crippen molar-refractivity contribution in [1.82, 2.24) is 19.9 Å². The second-order valence-corrected chi connectivity index (χ2v) is 3.17. The van der Waals surface area contributed by atoms with E-state index >= 15 is 0 Å². The quantitative estimate of drug-likeness (QED) is 0.782. The van der Waals surface area contributed by atoms with Gasteiger partial charge in [-0.15, -0.1) is 0 Å². The Bertz CT molecular complexity index is 444. The Kier molecular flexibility index (Phi) is 2.77. The predicted molar refractivity (Wildman–Crippen MR) is 52.9 cm³/mol. The first kappa shape index (κ1) is 9.85. The number of nitrogens with one attached hydrogen (secondary N) is 2. The van der Waals surface area contributed by atoms with E-state index in [4.69, 9.17) is 11.6 Å². The smallest absolute Gasteiger partial charge is 0.310 e. The lowest BCUT2D eigenvalue weighted by Crippen LogP contribution is -2.04. The van der Waals surface area contributed by atoms with Crippen molar-refractivity contribution in [2.75, 3.05) is 5.32 Å². The molecule has 0 saturated carbocycles. The fourth-order valence-electron chi connectivity index (χ4n) is 1.03. The second kappa shape index (κ2) is 4.22. The number of rotatable bonds is 3. The van der Waals surface area contributed by atoms with E-state index in [1.54, 1.807) is 12.5 Å². The van der Waals surface area contributed by atoms with Crippen molar-refractivity contribution in [1.29, 1.82) is 0 Å². The molecule has 0 aliphatic rings. The van der Waals surface area contributed by atoms with Gasteiger partial charge < -0.3 is 10.3 Å². The predicted octanol–water partition coefficient (Wildman–Crippen LogP) is 1.60.